The zero-order valence-corrected chi connectivity index (χ0v) is 20.0. The highest BCUT2D eigenvalue weighted by Crippen LogP contribution is 2.22. The normalized spacial score (nSPS) is 18.8. The molecule has 1 aliphatic heterocycles. The van der Waals surface area contributed by atoms with Gasteiger partial charge in [-0.25, -0.2) is 9.78 Å². The van der Waals surface area contributed by atoms with Gasteiger partial charge in [0.15, 0.2) is 0 Å². The van der Waals surface area contributed by atoms with Crippen LogP contribution in [0.4, 0.5) is 0 Å². The third-order valence-corrected chi connectivity index (χ3v) is 6.24. The molecule has 5 unspecified atom stereocenters. The molecule has 0 radical (unpaired) electrons. The number of nitrogens with zero attached hydrogens (tertiary/aromatic N) is 2. The quantitative estimate of drug-likeness (QED) is 0.192. The largest absolute Gasteiger partial charge is 0.480 e. The van der Waals surface area contributed by atoms with Crippen LogP contribution in [0, 0.1) is 5.92 Å². The lowest BCUT2D eigenvalue weighted by atomic mass is 9.96. The number of hydrogen-bond donors (Lipinski definition) is 6. The number of aliphatic carboxylic acids is 1. The highest BCUT2D eigenvalue weighted by Gasteiger charge is 2.40. The van der Waals surface area contributed by atoms with E-state index < -0.39 is 53.8 Å². The molecular weight excluding hydrogens is 458 g/mol. The number of carbonyl (C=O) groups excluding carboxylic acids is 4. The summed E-state index contributed by atoms with van der Waals surface area (Å²) in [7, 11) is 0. The molecule has 2 rings (SSSR count). The molecule has 13 nitrogen and oxygen atoms in total. The summed E-state index contributed by atoms with van der Waals surface area (Å²) in [5, 5.41) is 14.5. The van der Waals surface area contributed by atoms with Crippen molar-refractivity contribution in [3.63, 3.8) is 0 Å². The molecule has 0 bridgehead atoms. The number of aromatic nitrogens is 2. The maximum Gasteiger partial charge on any atom is 0.326 e. The van der Waals surface area contributed by atoms with Crippen molar-refractivity contribution in [2.75, 3.05) is 6.54 Å². The van der Waals surface area contributed by atoms with Crippen molar-refractivity contribution in [3.05, 3.63) is 18.2 Å². The van der Waals surface area contributed by atoms with Gasteiger partial charge in [-0.3, -0.25) is 19.2 Å². The zero-order valence-electron chi connectivity index (χ0n) is 20.0. The van der Waals surface area contributed by atoms with E-state index in [4.69, 9.17) is 11.5 Å². The summed E-state index contributed by atoms with van der Waals surface area (Å²) in [6.07, 6.45) is 4.37. The van der Waals surface area contributed by atoms with Gasteiger partial charge in [-0.05, 0) is 25.2 Å². The van der Waals surface area contributed by atoms with E-state index in [0.717, 1.165) is 0 Å². The third kappa shape index (κ3) is 7.77. The Morgan fingerprint density at radius 1 is 1.29 bits per heavy atom. The lowest BCUT2D eigenvalue weighted by Gasteiger charge is -2.32. The smallest absolute Gasteiger partial charge is 0.326 e. The minimum atomic E-state index is -1.31. The van der Waals surface area contributed by atoms with Gasteiger partial charge >= 0.3 is 5.97 Å². The summed E-state index contributed by atoms with van der Waals surface area (Å²) in [5.41, 5.74) is 11.8. The van der Waals surface area contributed by atoms with Crippen LogP contribution in [0.1, 0.15) is 51.6 Å². The molecule has 1 aromatic rings. The number of aromatic amines is 1. The van der Waals surface area contributed by atoms with Crippen LogP contribution in [-0.2, 0) is 30.4 Å². The Bertz CT molecular complexity index is 906. The monoisotopic (exact) mass is 493 g/mol. The first-order chi connectivity index (χ1) is 16.5. The Morgan fingerprint density at radius 2 is 2.00 bits per heavy atom. The number of primary amides is 1. The number of carboxylic acids is 1. The number of rotatable bonds is 13. The van der Waals surface area contributed by atoms with Gasteiger partial charge in [-0.2, -0.15) is 0 Å². The fraction of sp³-hybridized carbons (Fsp3) is 0.636. The third-order valence-electron chi connectivity index (χ3n) is 6.24. The Kier molecular flexibility index (Phi) is 10.2. The molecular formula is C22H35N7O6. The van der Waals surface area contributed by atoms with E-state index in [9.17, 15) is 29.1 Å². The number of amides is 4. The number of nitrogens with one attached hydrogen (secondary N) is 3. The van der Waals surface area contributed by atoms with Gasteiger partial charge in [0, 0.05) is 31.3 Å². The maximum absolute atomic E-state index is 13.5. The zero-order chi connectivity index (χ0) is 26.1. The minimum absolute atomic E-state index is 0.156. The molecule has 5 atom stereocenters. The molecule has 4 amide bonds. The minimum Gasteiger partial charge on any atom is -0.480 e. The average molecular weight is 494 g/mol. The van der Waals surface area contributed by atoms with Crippen molar-refractivity contribution < 1.29 is 29.1 Å². The predicted octanol–water partition coefficient (Wildman–Crippen LogP) is -1.36. The van der Waals surface area contributed by atoms with Crippen LogP contribution >= 0.6 is 0 Å². The molecule has 1 saturated heterocycles. The van der Waals surface area contributed by atoms with Gasteiger partial charge < -0.3 is 37.1 Å². The van der Waals surface area contributed by atoms with Gasteiger partial charge in [0.2, 0.25) is 23.6 Å². The molecule has 0 aromatic carbocycles. The fourth-order valence-corrected chi connectivity index (χ4v) is 3.96. The molecule has 1 fully saturated rings. The van der Waals surface area contributed by atoms with Crippen molar-refractivity contribution in [2.24, 2.45) is 17.4 Å². The highest BCUT2D eigenvalue weighted by atomic mass is 16.4. The lowest BCUT2D eigenvalue weighted by molar-refractivity contribution is -0.145. The number of carboxylic acid groups (broad SMARTS) is 1. The van der Waals surface area contributed by atoms with E-state index in [1.807, 2.05) is 13.8 Å². The number of carbonyl (C=O) groups is 5. The summed E-state index contributed by atoms with van der Waals surface area (Å²) < 4.78 is 0. The average Bonchev–Trinajstić information content (AvgIpc) is 3.50. The van der Waals surface area contributed by atoms with E-state index in [-0.39, 0.29) is 25.2 Å². The van der Waals surface area contributed by atoms with Gasteiger partial charge in [-0.1, -0.05) is 20.3 Å². The van der Waals surface area contributed by atoms with Crippen LogP contribution in [0.5, 0.6) is 0 Å². The van der Waals surface area contributed by atoms with E-state index in [1.165, 1.54) is 11.2 Å². The van der Waals surface area contributed by atoms with Crippen molar-refractivity contribution in [2.45, 2.75) is 76.5 Å². The lowest BCUT2D eigenvalue weighted by Crippen LogP contribution is -2.58. The van der Waals surface area contributed by atoms with Gasteiger partial charge in [0.1, 0.15) is 18.1 Å². The first-order valence-corrected chi connectivity index (χ1v) is 11.7. The van der Waals surface area contributed by atoms with Crippen LogP contribution in [0.2, 0.25) is 0 Å². The summed E-state index contributed by atoms with van der Waals surface area (Å²) in [4.78, 5) is 69.8. The molecule has 8 N–H and O–H groups in total. The molecule has 0 saturated carbocycles. The Morgan fingerprint density at radius 3 is 2.57 bits per heavy atom. The summed E-state index contributed by atoms with van der Waals surface area (Å²) in [5.74, 6) is -3.78. The SMILES string of the molecule is CCC(C)C(NC(=O)C(N)Cc1cnc[nH]1)C(=O)N1CCCC1C(=O)NC(CCC(N)=O)C(=O)O. The molecule has 35 heavy (non-hydrogen) atoms. The van der Waals surface area contributed by atoms with E-state index in [0.29, 0.717) is 31.5 Å². The van der Waals surface area contributed by atoms with Crippen LogP contribution in [0.15, 0.2) is 12.5 Å². The summed E-state index contributed by atoms with van der Waals surface area (Å²) in [6.45, 7) is 3.99. The first kappa shape index (κ1) is 27.8. The van der Waals surface area contributed by atoms with Gasteiger partial charge in [0.05, 0.1) is 12.4 Å². The molecule has 2 heterocycles. The second kappa shape index (κ2) is 12.8. The van der Waals surface area contributed by atoms with Crippen LogP contribution in [0.3, 0.4) is 0 Å². The number of H-pyrrole nitrogens is 1. The van der Waals surface area contributed by atoms with Crippen molar-refractivity contribution in [3.8, 4) is 0 Å². The molecule has 1 aliphatic rings. The van der Waals surface area contributed by atoms with Gasteiger partial charge in [-0.15, -0.1) is 0 Å². The fourth-order valence-electron chi connectivity index (χ4n) is 3.96. The van der Waals surface area contributed by atoms with Crippen LogP contribution < -0.4 is 22.1 Å². The Hall–Kier alpha value is -3.48. The second-order valence-electron chi connectivity index (χ2n) is 8.85. The first-order valence-electron chi connectivity index (χ1n) is 11.7. The summed E-state index contributed by atoms with van der Waals surface area (Å²) in [6, 6.07) is -4.01. The van der Waals surface area contributed by atoms with Crippen molar-refractivity contribution in [1.29, 1.82) is 0 Å². The topological polar surface area (TPSA) is 214 Å². The standard InChI is InChI=1S/C22H35N7O6/c1-3-12(2)18(28-19(31)14(23)9-13-10-25-11-26-13)21(33)29-8-4-5-16(29)20(32)27-15(22(34)35)6-7-17(24)30/h10-12,14-16,18H,3-9,23H2,1-2H3,(H2,24,30)(H,25,26)(H,27,32)(H,28,31)(H,34,35). The summed E-state index contributed by atoms with van der Waals surface area (Å²) >= 11 is 0. The van der Waals surface area contributed by atoms with Gasteiger partial charge in [0.25, 0.3) is 0 Å². The molecule has 0 spiro atoms. The number of likely N-dealkylation sites (tertiary alicyclic amines) is 1. The van der Waals surface area contributed by atoms with Crippen LogP contribution in [-0.4, -0.2) is 80.3 Å². The number of imidazole rings is 1. The molecule has 194 valence electrons. The Balaban J connectivity index is 2.10. The number of hydrogen-bond acceptors (Lipinski definition) is 7. The van der Waals surface area contributed by atoms with Crippen LogP contribution in [0.25, 0.3) is 0 Å². The maximum atomic E-state index is 13.5. The Labute approximate surface area is 203 Å². The molecule has 0 aliphatic carbocycles. The molecule has 13 heteroatoms. The van der Waals surface area contributed by atoms with E-state index >= 15 is 0 Å². The van der Waals surface area contributed by atoms with Crippen molar-refractivity contribution in [1.82, 2.24) is 25.5 Å². The highest BCUT2D eigenvalue weighted by molar-refractivity contribution is 5.94. The molecule has 1 aromatic heterocycles. The van der Waals surface area contributed by atoms with E-state index in [1.54, 1.807) is 6.20 Å². The second-order valence-corrected chi connectivity index (χ2v) is 8.85. The van der Waals surface area contributed by atoms with E-state index in [2.05, 4.69) is 20.6 Å². The predicted molar refractivity (Wildman–Crippen MR) is 124 cm³/mol. The number of nitrogens with two attached hydrogens (primary N) is 2. The van der Waals surface area contributed by atoms with Crippen molar-refractivity contribution >= 4 is 29.6 Å².